The van der Waals surface area contributed by atoms with E-state index in [0.717, 1.165) is 0 Å². The second kappa shape index (κ2) is 3.82. The summed E-state index contributed by atoms with van der Waals surface area (Å²) in [7, 11) is 0. The number of ketones is 2. The summed E-state index contributed by atoms with van der Waals surface area (Å²) in [6.45, 7) is 0. The van der Waals surface area contributed by atoms with E-state index in [1.54, 1.807) is 0 Å². The molecule has 0 unspecified atom stereocenters. The number of aliphatic hydroxyl groups excluding tert-OH is 4. The van der Waals surface area contributed by atoms with Crippen LogP contribution >= 0.6 is 0 Å². The van der Waals surface area contributed by atoms with Crippen LogP contribution in [-0.2, 0) is 9.59 Å². The van der Waals surface area contributed by atoms with Crippen LogP contribution in [0.2, 0.25) is 0 Å². The first-order chi connectivity index (χ1) is 5.46. The number of hydrogen-bond acceptors (Lipinski definition) is 6. The molecular weight excluding hydrogens is 191 g/mol. The first-order valence-electron chi connectivity index (χ1n) is 2.80. The van der Waals surface area contributed by atoms with Gasteiger partial charge in [-0.2, -0.15) is 0 Å². The molecule has 1 rings (SSSR count). The number of carbonyl (C=O) groups excluding carboxylic acids is 2. The molecule has 0 fully saturated rings. The molecule has 0 spiro atoms. The fraction of sp³-hybridized carbons (Fsp3) is 0. The fourth-order valence-electron chi connectivity index (χ4n) is 0.654. The van der Waals surface area contributed by atoms with Crippen LogP contribution in [0, 0.1) is 0 Å². The topological polar surface area (TPSA) is 115 Å². The zero-order valence-corrected chi connectivity index (χ0v) is 5.61. The molecule has 0 heterocycles. The zero-order valence-electron chi connectivity index (χ0n) is 5.61. The summed E-state index contributed by atoms with van der Waals surface area (Å²) >= 11 is 0. The van der Waals surface area contributed by atoms with Crippen LogP contribution in [0.25, 0.3) is 0 Å². The molecule has 0 atom stereocenters. The molecule has 1 aliphatic rings. The van der Waals surface area contributed by atoms with Gasteiger partial charge in [-0.3, -0.25) is 9.59 Å². The van der Waals surface area contributed by atoms with Crippen molar-refractivity contribution in [2.24, 2.45) is 0 Å². The average Bonchev–Trinajstić information content (AvgIpc) is 2.08. The Labute approximate surface area is 94.1 Å². The van der Waals surface area contributed by atoms with Gasteiger partial charge in [-0.05, 0) is 0 Å². The zero-order chi connectivity index (χ0) is 9.46. The second-order valence-corrected chi connectivity index (χ2v) is 2.05. The van der Waals surface area contributed by atoms with Crippen molar-refractivity contribution in [1.29, 1.82) is 0 Å². The molecule has 66 valence electrons. The molecule has 7 heteroatoms. The van der Waals surface area contributed by atoms with Crippen LogP contribution in [0.3, 0.4) is 0 Å². The van der Waals surface area contributed by atoms with Gasteiger partial charge in [0.1, 0.15) is 0 Å². The molecule has 4 N–H and O–H groups in total. The number of rotatable bonds is 0. The quantitative estimate of drug-likeness (QED) is 0.296. The Bertz CT molecular complexity index is 277. The predicted octanol–water partition coefficient (Wildman–Crippen LogP) is -0.855. The van der Waals surface area contributed by atoms with Crippen molar-refractivity contribution in [1.82, 2.24) is 0 Å². The molecule has 0 saturated heterocycles. The first-order valence-corrected chi connectivity index (χ1v) is 2.80. The van der Waals surface area contributed by atoms with E-state index in [2.05, 4.69) is 0 Å². The van der Waals surface area contributed by atoms with Gasteiger partial charge < -0.3 is 20.4 Å². The van der Waals surface area contributed by atoms with Crippen molar-refractivity contribution < 1.29 is 30.0 Å². The van der Waals surface area contributed by atoms with Gasteiger partial charge in [0.25, 0.3) is 11.6 Å². The van der Waals surface area contributed by atoms with Crippen LogP contribution in [0.1, 0.15) is 0 Å². The standard InChI is InChI=1S/C6H4O6.Na.H/c7-1-2(8)4(10)6(12)5(11)3(1)9;;/h7-8,11-12H;;. The van der Waals surface area contributed by atoms with E-state index in [-0.39, 0.29) is 29.6 Å². The molecule has 0 aromatic carbocycles. The van der Waals surface area contributed by atoms with E-state index in [1.807, 2.05) is 0 Å². The minimum atomic E-state index is -1.38. The molecule has 6 nitrogen and oxygen atoms in total. The Hall–Kier alpha value is -0.980. The third-order valence-electron chi connectivity index (χ3n) is 1.31. The van der Waals surface area contributed by atoms with Crippen LogP contribution in [0.4, 0.5) is 0 Å². The Kier molecular flexibility index (Phi) is 3.53. The van der Waals surface area contributed by atoms with E-state index < -0.39 is 34.6 Å². The van der Waals surface area contributed by atoms with E-state index >= 15 is 0 Å². The molecule has 0 amide bonds. The van der Waals surface area contributed by atoms with Crippen LogP contribution in [0.5, 0.6) is 0 Å². The molecule has 0 aromatic heterocycles. The molecule has 13 heavy (non-hydrogen) atoms. The summed E-state index contributed by atoms with van der Waals surface area (Å²) in [6.07, 6.45) is 0. The minimum absolute atomic E-state index is 0. The van der Waals surface area contributed by atoms with Crippen LogP contribution < -0.4 is 0 Å². The van der Waals surface area contributed by atoms with Gasteiger partial charge in [-0.1, -0.05) is 0 Å². The maximum absolute atomic E-state index is 10.6. The first kappa shape index (κ1) is 12.0. The monoisotopic (exact) mass is 196 g/mol. The Morgan fingerprint density at radius 1 is 0.615 bits per heavy atom. The summed E-state index contributed by atoms with van der Waals surface area (Å²) in [6, 6.07) is 0. The number of hydrogen-bond donors (Lipinski definition) is 4. The number of carbonyl (C=O) groups is 2. The van der Waals surface area contributed by atoms with Gasteiger partial charge in [-0.15, -0.1) is 0 Å². The van der Waals surface area contributed by atoms with E-state index in [0.29, 0.717) is 0 Å². The average molecular weight is 196 g/mol. The Morgan fingerprint density at radius 3 is 0.923 bits per heavy atom. The van der Waals surface area contributed by atoms with E-state index in [4.69, 9.17) is 20.4 Å². The maximum atomic E-state index is 10.6. The molecular formula is C6H5NaO6. The molecule has 0 aliphatic heterocycles. The van der Waals surface area contributed by atoms with E-state index in [9.17, 15) is 9.59 Å². The molecule has 0 radical (unpaired) electrons. The van der Waals surface area contributed by atoms with Crippen LogP contribution in [-0.4, -0.2) is 61.5 Å². The summed E-state index contributed by atoms with van der Waals surface area (Å²) in [5.74, 6) is -7.84. The molecule has 1 aliphatic carbocycles. The number of aliphatic hydroxyl groups is 4. The predicted molar refractivity (Wildman–Crippen MR) is 41.7 cm³/mol. The fourth-order valence-corrected chi connectivity index (χ4v) is 0.654. The molecule has 0 bridgehead atoms. The molecule has 0 aromatic rings. The van der Waals surface area contributed by atoms with Gasteiger partial charge >= 0.3 is 29.6 Å². The second-order valence-electron chi connectivity index (χ2n) is 2.05. The van der Waals surface area contributed by atoms with Crippen LogP contribution in [0.15, 0.2) is 23.0 Å². The normalized spacial score (nSPS) is 17.5. The summed E-state index contributed by atoms with van der Waals surface area (Å²) in [4.78, 5) is 21.2. The Balaban J connectivity index is 0.00000144. The summed E-state index contributed by atoms with van der Waals surface area (Å²) in [5.41, 5.74) is 0. The Morgan fingerprint density at radius 2 is 0.769 bits per heavy atom. The SMILES string of the molecule is O=C1C(O)=C(O)C(=O)C(O)=C1O.[NaH]. The van der Waals surface area contributed by atoms with Gasteiger partial charge in [0.15, 0.2) is 0 Å². The number of Topliss-reactive ketones (excluding diaryl/α,β-unsaturated/α-hetero) is 2. The summed E-state index contributed by atoms with van der Waals surface area (Å²) < 4.78 is 0. The van der Waals surface area contributed by atoms with Crippen molar-refractivity contribution in [2.45, 2.75) is 0 Å². The van der Waals surface area contributed by atoms with E-state index in [1.165, 1.54) is 0 Å². The molecule has 0 saturated carbocycles. The summed E-state index contributed by atoms with van der Waals surface area (Å²) in [5, 5.41) is 34.6. The van der Waals surface area contributed by atoms with Gasteiger partial charge in [0.05, 0.1) is 0 Å². The third kappa shape index (κ3) is 1.69. The van der Waals surface area contributed by atoms with Gasteiger partial charge in [-0.25, -0.2) is 0 Å². The van der Waals surface area contributed by atoms with Crippen molar-refractivity contribution in [3.63, 3.8) is 0 Å². The third-order valence-corrected chi connectivity index (χ3v) is 1.31. The van der Waals surface area contributed by atoms with Crippen molar-refractivity contribution in [3.05, 3.63) is 23.0 Å². The van der Waals surface area contributed by atoms with Crippen molar-refractivity contribution in [3.8, 4) is 0 Å². The van der Waals surface area contributed by atoms with Crippen molar-refractivity contribution in [2.75, 3.05) is 0 Å². The van der Waals surface area contributed by atoms with Crippen molar-refractivity contribution >= 4 is 41.1 Å². The van der Waals surface area contributed by atoms with Gasteiger partial charge in [0.2, 0.25) is 23.0 Å². The van der Waals surface area contributed by atoms with Gasteiger partial charge in [0, 0.05) is 0 Å².